The van der Waals surface area contributed by atoms with Crippen LogP contribution in [0.25, 0.3) is 0 Å². The first kappa shape index (κ1) is 27.8. The van der Waals surface area contributed by atoms with Crippen LogP contribution >= 0.6 is 0 Å². The Morgan fingerprint density at radius 2 is 0.854 bits per heavy atom. The summed E-state index contributed by atoms with van der Waals surface area (Å²) in [4.78, 5) is 0. The van der Waals surface area contributed by atoms with E-state index in [-0.39, 0.29) is 0 Å². The number of azo groups is 1. The number of hydrogen-bond donors (Lipinski definition) is 0. The molecular weight excluding hydrogens is 529 g/mol. The molecule has 1 fully saturated rings. The molecule has 4 aromatic rings. The summed E-state index contributed by atoms with van der Waals surface area (Å²) in [6, 6.07) is 50.8. The highest BCUT2D eigenvalue weighted by molar-refractivity contribution is 7.02. The van der Waals surface area contributed by atoms with Crippen molar-refractivity contribution < 1.29 is 0 Å². The third-order valence-corrected chi connectivity index (χ3v) is 20.2. The van der Waals surface area contributed by atoms with Crippen LogP contribution in [-0.2, 0) is 0 Å². The van der Waals surface area contributed by atoms with Crippen LogP contribution in [0.1, 0.15) is 25.7 Å². The van der Waals surface area contributed by atoms with E-state index in [1.807, 2.05) is 0 Å². The van der Waals surface area contributed by atoms with Crippen molar-refractivity contribution in [3.05, 3.63) is 133 Å². The number of rotatable bonds is 4. The van der Waals surface area contributed by atoms with Gasteiger partial charge in [0.1, 0.15) is 16.1 Å². The number of allylic oxidation sites excluding steroid dienone is 2. The third kappa shape index (κ3) is 6.00. The minimum absolute atomic E-state index is 0.488. The predicted octanol–water partition coefficient (Wildman–Crippen LogP) is 7.09. The van der Waals surface area contributed by atoms with Gasteiger partial charge >= 0.3 is 0 Å². The first-order chi connectivity index (χ1) is 20.3. The molecule has 0 aromatic heterocycles. The van der Waals surface area contributed by atoms with Crippen molar-refractivity contribution in [3.8, 4) is 0 Å². The van der Waals surface area contributed by atoms with Gasteiger partial charge in [-0.1, -0.05) is 154 Å². The Kier molecular flexibility index (Phi) is 8.88. The molecule has 41 heavy (non-hydrogen) atoms. The van der Waals surface area contributed by atoms with Gasteiger partial charge in [-0.3, -0.25) is 0 Å². The van der Waals surface area contributed by atoms with E-state index in [1.54, 1.807) is 20.7 Å². The van der Waals surface area contributed by atoms with Crippen molar-refractivity contribution in [2.24, 2.45) is 16.1 Å². The zero-order chi connectivity index (χ0) is 27.8. The number of nitrogens with zero attached hydrogens (tertiary/aromatic N) is 2. The summed E-state index contributed by atoms with van der Waals surface area (Å²) >= 11 is 0. The van der Waals surface area contributed by atoms with Crippen LogP contribution in [0.3, 0.4) is 0 Å². The summed E-state index contributed by atoms with van der Waals surface area (Å²) in [5, 5.41) is 15.2. The molecular formula is C37H42N2Si2. The molecule has 7 rings (SSSR count). The van der Waals surface area contributed by atoms with Gasteiger partial charge < -0.3 is 0 Å². The van der Waals surface area contributed by atoms with Gasteiger partial charge in [-0.05, 0) is 49.9 Å². The summed E-state index contributed by atoms with van der Waals surface area (Å²) in [6.45, 7) is 0.957. The molecule has 4 heteroatoms. The highest BCUT2D eigenvalue weighted by Crippen LogP contribution is 2.35. The van der Waals surface area contributed by atoms with Crippen LogP contribution in [0.2, 0.25) is 24.2 Å². The molecule has 208 valence electrons. The Bertz CT molecular complexity index is 1330. The zero-order valence-corrected chi connectivity index (χ0v) is 26.1. The maximum Gasteiger partial charge on any atom is 0.118 e. The summed E-state index contributed by atoms with van der Waals surface area (Å²) in [5.74, 6) is 0.696. The standard InChI is InChI=1S/C19H22N2Si.C18H20Si/c1-3-7-17(8-4-1)22(18-9-5-2-6-10-18)13-11-16-15-20-21-19(16)12-14-22;1-2-10-16-19(15-9-1,17-11-5-3-6-12-17)18-13-7-4-8-14-18/h1-10,16,19H,11-15H2;1-8,11-14H,9-10,15-16H2. The van der Waals surface area contributed by atoms with Gasteiger partial charge in [-0.25, -0.2) is 0 Å². The van der Waals surface area contributed by atoms with Gasteiger partial charge in [-0.15, -0.1) is 0 Å². The Morgan fingerprint density at radius 1 is 0.463 bits per heavy atom. The minimum atomic E-state index is -1.65. The van der Waals surface area contributed by atoms with Gasteiger partial charge in [-0.2, -0.15) is 10.2 Å². The monoisotopic (exact) mass is 570 g/mol. The van der Waals surface area contributed by atoms with E-state index in [0.29, 0.717) is 12.0 Å². The van der Waals surface area contributed by atoms with E-state index in [9.17, 15) is 0 Å². The topological polar surface area (TPSA) is 24.7 Å². The van der Waals surface area contributed by atoms with Crippen LogP contribution in [0.5, 0.6) is 0 Å². The molecule has 3 heterocycles. The van der Waals surface area contributed by atoms with Crippen molar-refractivity contribution in [1.29, 1.82) is 0 Å². The van der Waals surface area contributed by atoms with Gasteiger partial charge in [0.15, 0.2) is 0 Å². The molecule has 0 N–H and O–H groups in total. The summed E-state index contributed by atoms with van der Waals surface area (Å²) in [6.07, 6.45) is 9.71. The first-order valence-corrected chi connectivity index (χ1v) is 20.4. The average molecular weight is 571 g/mol. The lowest BCUT2D eigenvalue weighted by Gasteiger charge is -2.32. The first-order valence-electron chi connectivity index (χ1n) is 15.5. The van der Waals surface area contributed by atoms with E-state index in [1.165, 1.54) is 49.9 Å². The van der Waals surface area contributed by atoms with Crippen LogP contribution in [0.4, 0.5) is 0 Å². The second-order valence-electron chi connectivity index (χ2n) is 12.0. The van der Waals surface area contributed by atoms with Crippen LogP contribution in [-0.4, -0.2) is 28.7 Å². The van der Waals surface area contributed by atoms with Gasteiger partial charge in [0, 0.05) is 5.92 Å². The third-order valence-electron chi connectivity index (χ3n) is 9.85. The lowest BCUT2D eigenvalue weighted by molar-refractivity contribution is 0.467. The second kappa shape index (κ2) is 13.1. The SMILES string of the molecule is C1=CCC[Si](c2ccccc2)(c2ccccc2)CC1.c1ccc([Si]2(c3ccccc3)CCC3CN=NC3CC2)cc1. The van der Waals surface area contributed by atoms with E-state index in [4.69, 9.17) is 0 Å². The molecule has 0 bridgehead atoms. The Hall–Kier alpha value is -3.35. The van der Waals surface area contributed by atoms with E-state index in [0.717, 1.165) is 6.54 Å². The van der Waals surface area contributed by atoms with E-state index >= 15 is 0 Å². The highest BCUT2D eigenvalue weighted by Gasteiger charge is 2.42. The Balaban J connectivity index is 0.000000149. The van der Waals surface area contributed by atoms with Crippen LogP contribution in [0, 0.1) is 5.92 Å². The maximum atomic E-state index is 4.52. The van der Waals surface area contributed by atoms with Gasteiger partial charge in [0.2, 0.25) is 0 Å². The zero-order valence-electron chi connectivity index (χ0n) is 24.1. The van der Waals surface area contributed by atoms with Crippen molar-refractivity contribution >= 4 is 36.9 Å². The molecule has 3 aliphatic heterocycles. The van der Waals surface area contributed by atoms with Crippen molar-refractivity contribution in [2.75, 3.05) is 6.54 Å². The van der Waals surface area contributed by atoms with Crippen LogP contribution < -0.4 is 20.7 Å². The fraction of sp³-hybridized carbons (Fsp3) is 0.297. The molecule has 3 aliphatic rings. The van der Waals surface area contributed by atoms with Crippen molar-refractivity contribution in [2.45, 2.75) is 55.9 Å². The molecule has 2 atom stereocenters. The fourth-order valence-electron chi connectivity index (χ4n) is 7.54. The molecule has 0 aliphatic carbocycles. The van der Waals surface area contributed by atoms with Crippen molar-refractivity contribution in [3.63, 3.8) is 0 Å². The maximum absolute atomic E-state index is 4.52. The minimum Gasteiger partial charge on any atom is -0.194 e. The molecule has 1 saturated heterocycles. The summed E-state index contributed by atoms with van der Waals surface area (Å²) < 4.78 is 0. The molecule has 0 spiro atoms. The highest BCUT2D eigenvalue weighted by atomic mass is 28.3. The lowest BCUT2D eigenvalue weighted by atomic mass is 9.97. The van der Waals surface area contributed by atoms with E-state index in [2.05, 4.69) is 144 Å². The number of fused-ring (bicyclic) bond motifs is 1. The Labute approximate surface area is 248 Å². The Morgan fingerprint density at radius 3 is 1.29 bits per heavy atom. The van der Waals surface area contributed by atoms with Gasteiger partial charge in [0.05, 0.1) is 12.6 Å². The molecule has 4 aromatic carbocycles. The summed E-state index contributed by atoms with van der Waals surface area (Å²) in [7, 11) is -3.20. The van der Waals surface area contributed by atoms with Crippen LogP contribution in [0.15, 0.2) is 144 Å². The normalized spacial score (nSPS) is 22.4. The fourth-order valence-corrected chi connectivity index (χ4v) is 17.3. The average Bonchev–Trinajstić information content (AvgIpc) is 3.25. The summed E-state index contributed by atoms with van der Waals surface area (Å²) in [5.41, 5.74) is 0. The van der Waals surface area contributed by atoms with Gasteiger partial charge in [0.25, 0.3) is 0 Å². The molecule has 0 amide bonds. The predicted molar refractivity (Wildman–Crippen MR) is 180 cm³/mol. The lowest BCUT2D eigenvalue weighted by Crippen LogP contribution is -2.57. The number of hydrogen-bond acceptors (Lipinski definition) is 2. The van der Waals surface area contributed by atoms with E-state index < -0.39 is 16.1 Å². The molecule has 2 unspecified atom stereocenters. The molecule has 0 saturated carbocycles. The molecule has 0 radical (unpaired) electrons. The smallest absolute Gasteiger partial charge is 0.118 e. The molecule has 2 nitrogen and oxygen atoms in total. The number of benzene rings is 4. The second-order valence-corrected chi connectivity index (χ2v) is 20.7. The van der Waals surface area contributed by atoms with Crippen molar-refractivity contribution in [1.82, 2.24) is 0 Å². The quantitative estimate of drug-likeness (QED) is 0.185. The largest absolute Gasteiger partial charge is 0.194 e.